The van der Waals surface area contributed by atoms with Gasteiger partial charge in [0.05, 0.1) is 0 Å². The Morgan fingerprint density at radius 2 is 2.00 bits per heavy atom. The van der Waals surface area contributed by atoms with Crippen molar-refractivity contribution in [2.45, 2.75) is 13.1 Å². The molecule has 2 aromatic heterocycles. The largest absolute Gasteiger partial charge is 0.359 e. The average Bonchev–Trinajstić information content (AvgIpc) is 3.16. The zero-order chi connectivity index (χ0) is 19.2. The van der Waals surface area contributed by atoms with Gasteiger partial charge in [0.2, 0.25) is 5.91 Å². The lowest BCUT2D eigenvalue weighted by Crippen LogP contribution is -2.34. The van der Waals surface area contributed by atoms with Crippen molar-refractivity contribution in [1.29, 1.82) is 0 Å². The molecule has 27 heavy (non-hydrogen) atoms. The first-order valence-corrected chi connectivity index (χ1v) is 9.00. The van der Waals surface area contributed by atoms with Gasteiger partial charge in [-0.2, -0.15) is 0 Å². The summed E-state index contributed by atoms with van der Waals surface area (Å²) in [5.41, 5.74) is 3.40. The fraction of sp³-hybridized carbons (Fsp3) is 0.105. The quantitative estimate of drug-likeness (QED) is 0.376. The molecule has 0 fully saturated rings. The van der Waals surface area contributed by atoms with E-state index < -0.39 is 0 Å². The summed E-state index contributed by atoms with van der Waals surface area (Å²) in [4.78, 5) is 18.8. The number of H-pyrrole nitrogens is 1. The topological polar surface area (TPSA) is 81.8 Å². The number of hydrogen-bond acceptors (Lipinski definition) is 3. The maximum Gasteiger partial charge on any atom is 0.247 e. The molecule has 1 aromatic carbocycles. The number of nitrogens with zero attached hydrogens (tertiary/aromatic N) is 1. The van der Waals surface area contributed by atoms with Gasteiger partial charge in [0, 0.05) is 41.6 Å². The van der Waals surface area contributed by atoms with Crippen LogP contribution in [-0.2, 0) is 17.9 Å². The molecule has 8 heteroatoms. The highest BCUT2D eigenvalue weighted by atomic mass is 35.5. The van der Waals surface area contributed by atoms with E-state index in [-0.39, 0.29) is 5.91 Å². The minimum Gasteiger partial charge on any atom is -0.359 e. The second-order valence-electron chi connectivity index (χ2n) is 5.75. The number of carbonyl (C=O) groups is 1. The Balaban J connectivity index is 1.57. The van der Waals surface area contributed by atoms with Gasteiger partial charge in [-0.3, -0.25) is 4.79 Å². The number of aromatic amines is 1. The van der Waals surface area contributed by atoms with Crippen LogP contribution in [0.2, 0.25) is 5.02 Å². The third-order valence-corrected chi connectivity index (χ3v) is 4.59. The zero-order valence-corrected chi connectivity index (χ0v) is 16.0. The molecule has 3 aromatic rings. The second kappa shape index (κ2) is 8.66. The van der Waals surface area contributed by atoms with Crippen molar-refractivity contribution in [2.75, 3.05) is 5.32 Å². The number of hydrogen-bond donors (Lipinski definition) is 4. The van der Waals surface area contributed by atoms with Gasteiger partial charge in [0.25, 0.3) is 0 Å². The molecule has 0 aliphatic heterocycles. The number of anilines is 1. The molecule has 3 rings (SSSR count). The summed E-state index contributed by atoms with van der Waals surface area (Å²) < 4.78 is 0. The first-order chi connectivity index (χ1) is 13.1. The molecule has 0 radical (unpaired) electrons. The number of carbonyl (C=O) groups excluding carboxylic acids is 1. The normalized spacial score (nSPS) is 10.4. The molecule has 0 spiro atoms. The van der Waals surface area contributed by atoms with Crippen LogP contribution >= 0.6 is 23.8 Å². The standard InChI is InChI=1S/C19H18ClN5OS/c1-2-17(26)25-14-3-4-16(20)13(9-14)11-24-19(27)23-10-12-5-7-21-18-15(12)6-8-22-18/h2-9H,1,10-11H2,(H,21,22)(H,25,26)(H2,23,24,27). The highest BCUT2D eigenvalue weighted by molar-refractivity contribution is 7.80. The molecule has 2 heterocycles. The number of pyridine rings is 1. The minimum atomic E-state index is -0.276. The van der Waals surface area contributed by atoms with Gasteiger partial charge in [0.15, 0.2) is 5.11 Å². The fourth-order valence-electron chi connectivity index (χ4n) is 2.57. The summed E-state index contributed by atoms with van der Waals surface area (Å²) in [5.74, 6) is -0.276. The molecular formula is C19H18ClN5OS. The van der Waals surface area contributed by atoms with E-state index in [0.717, 1.165) is 22.2 Å². The van der Waals surface area contributed by atoms with Crippen molar-refractivity contribution in [2.24, 2.45) is 0 Å². The summed E-state index contributed by atoms with van der Waals surface area (Å²) in [6, 6.07) is 9.20. The van der Waals surface area contributed by atoms with Gasteiger partial charge in [-0.15, -0.1) is 0 Å². The molecule has 0 atom stereocenters. The van der Waals surface area contributed by atoms with E-state index in [0.29, 0.717) is 28.9 Å². The molecule has 4 N–H and O–H groups in total. The van der Waals surface area contributed by atoms with Gasteiger partial charge >= 0.3 is 0 Å². The highest BCUT2D eigenvalue weighted by Gasteiger charge is 2.06. The minimum absolute atomic E-state index is 0.276. The summed E-state index contributed by atoms with van der Waals surface area (Å²) in [7, 11) is 0. The molecule has 0 unspecified atom stereocenters. The van der Waals surface area contributed by atoms with E-state index in [1.165, 1.54) is 6.08 Å². The van der Waals surface area contributed by atoms with Crippen molar-refractivity contribution in [3.63, 3.8) is 0 Å². The second-order valence-corrected chi connectivity index (χ2v) is 6.56. The van der Waals surface area contributed by atoms with Crippen molar-refractivity contribution in [3.8, 4) is 0 Å². The molecule has 1 amide bonds. The fourth-order valence-corrected chi connectivity index (χ4v) is 2.90. The lowest BCUT2D eigenvalue weighted by atomic mass is 10.2. The maximum absolute atomic E-state index is 11.4. The number of nitrogens with one attached hydrogen (secondary N) is 4. The smallest absolute Gasteiger partial charge is 0.247 e. The number of aromatic nitrogens is 2. The van der Waals surface area contributed by atoms with Crippen molar-refractivity contribution >= 4 is 51.6 Å². The lowest BCUT2D eigenvalue weighted by Gasteiger charge is -2.13. The average molecular weight is 400 g/mol. The highest BCUT2D eigenvalue weighted by Crippen LogP contribution is 2.20. The first kappa shape index (κ1) is 18.9. The molecule has 0 bridgehead atoms. The number of benzene rings is 1. The van der Waals surface area contributed by atoms with E-state index in [9.17, 15) is 4.79 Å². The summed E-state index contributed by atoms with van der Waals surface area (Å²) in [6.07, 6.45) is 4.83. The maximum atomic E-state index is 11.4. The van der Waals surface area contributed by atoms with Crippen molar-refractivity contribution < 1.29 is 4.79 Å². The van der Waals surface area contributed by atoms with Crippen LogP contribution in [-0.4, -0.2) is 21.0 Å². The van der Waals surface area contributed by atoms with Gasteiger partial charge in [-0.05, 0) is 59.8 Å². The predicted octanol–water partition coefficient (Wildman–Crippen LogP) is 3.51. The summed E-state index contributed by atoms with van der Waals surface area (Å²) >= 11 is 11.6. The number of amides is 1. The number of thiocarbonyl (C=S) groups is 1. The predicted molar refractivity (Wildman–Crippen MR) is 113 cm³/mol. The molecule has 6 nitrogen and oxygen atoms in total. The van der Waals surface area contributed by atoms with Gasteiger partial charge in [0.1, 0.15) is 5.65 Å². The van der Waals surface area contributed by atoms with Crippen molar-refractivity contribution in [1.82, 2.24) is 20.6 Å². The zero-order valence-electron chi connectivity index (χ0n) is 14.4. The van der Waals surface area contributed by atoms with Crippen LogP contribution in [0, 0.1) is 0 Å². The van der Waals surface area contributed by atoms with E-state index >= 15 is 0 Å². The Kier molecular flexibility index (Phi) is 6.05. The lowest BCUT2D eigenvalue weighted by molar-refractivity contribution is -0.111. The van der Waals surface area contributed by atoms with Gasteiger partial charge in [-0.1, -0.05) is 18.2 Å². The van der Waals surface area contributed by atoms with Crippen LogP contribution in [0.4, 0.5) is 5.69 Å². The van der Waals surface area contributed by atoms with Gasteiger partial charge < -0.3 is 20.9 Å². The number of rotatable bonds is 6. The van der Waals surface area contributed by atoms with Crippen molar-refractivity contribution in [3.05, 3.63) is 71.5 Å². The van der Waals surface area contributed by atoms with Crippen LogP contribution in [0.3, 0.4) is 0 Å². The number of fused-ring (bicyclic) bond motifs is 1. The Hall–Kier alpha value is -2.90. The molecule has 138 valence electrons. The SMILES string of the molecule is C=CC(=O)Nc1ccc(Cl)c(CNC(=S)NCc2ccnc3[nH]ccc23)c1. The molecular weight excluding hydrogens is 382 g/mol. The van der Waals surface area contributed by atoms with Crippen LogP contribution in [0.1, 0.15) is 11.1 Å². The molecule has 0 aliphatic rings. The Labute approximate surface area is 167 Å². The third kappa shape index (κ3) is 4.84. The Bertz CT molecular complexity index is 1000. The third-order valence-electron chi connectivity index (χ3n) is 3.93. The van der Waals surface area contributed by atoms with E-state index in [1.54, 1.807) is 24.4 Å². The van der Waals surface area contributed by atoms with E-state index in [1.807, 2.05) is 18.3 Å². The Morgan fingerprint density at radius 1 is 1.22 bits per heavy atom. The van der Waals surface area contributed by atoms with Crippen LogP contribution in [0.25, 0.3) is 11.0 Å². The molecule has 0 saturated heterocycles. The van der Waals surface area contributed by atoms with Crippen LogP contribution in [0.5, 0.6) is 0 Å². The van der Waals surface area contributed by atoms with Crippen LogP contribution in [0.15, 0.2) is 55.4 Å². The van der Waals surface area contributed by atoms with Crippen LogP contribution < -0.4 is 16.0 Å². The monoisotopic (exact) mass is 399 g/mol. The summed E-state index contributed by atoms with van der Waals surface area (Å²) in [6.45, 7) is 4.44. The Morgan fingerprint density at radius 3 is 2.78 bits per heavy atom. The van der Waals surface area contributed by atoms with Gasteiger partial charge in [-0.25, -0.2) is 4.98 Å². The first-order valence-electron chi connectivity index (χ1n) is 8.21. The molecule has 0 aliphatic carbocycles. The molecule has 0 saturated carbocycles. The van der Waals surface area contributed by atoms with E-state index in [2.05, 4.69) is 32.5 Å². The number of halogens is 1. The summed E-state index contributed by atoms with van der Waals surface area (Å²) in [5, 5.41) is 11.2. The van der Waals surface area contributed by atoms with E-state index in [4.69, 9.17) is 23.8 Å².